The lowest BCUT2D eigenvalue weighted by Crippen LogP contribution is -2.44. The number of hydrogen-bond donors (Lipinski definition) is 0. The van der Waals surface area contributed by atoms with Gasteiger partial charge < -0.3 is 9.47 Å². The van der Waals surface area contributed by atoms with E-state index in [1.165, 1.54) is 0 Å². The van der Waals surface area contributed by atoms with Gasteiger partial charge in [-0.05, 0) is 6.92 Å². The highest BCUT2D eigenvalue weighted by atomic mass is 16.6. The van der Waals surface area contributed by atoms with E-state index in [9.17, 15) is 9.59 Å². The fraction of sp³-hybridized carbons (Fsp3) is 0.714. The van der Waals surface area contributed by atoms with Crippen molar-refractivity contribution >= 4 is 11.8 Å². The summed E-state index contributed by atoms with van der Waals surface area (Å²) in [6.07, 6.45) is 4.07. The van der Waals surface area contributed by atoms with Crippen LogP contribution >= 0.6 is 0 Å². The van der Waals surface area contributed by atoms with E-state index >= 15 is 0 Å². The molecule has 4 heteroatoms. The van der Waals surface area contributed by atoms with E-state index in [-0.39, 0.29) is 29.2 Å². The molecular weight excluding hydrogens is 232 g/mol. The van der Waals surface area contributed by atoms with Crippen molar-refractivity contribution in [3.05, 3.63) is 12.2 Å². The molecule has 1 spiro atoms. The van der Waals surface area contributed by atoms with Crippen LogP contribution in [0.4, 0.5) is 0 Å². The minimum atomic E-state index is -0.591. The second-order valence-electron chi connectivity index (χ2n) is 6.02. The van der Waals surface area contributed by atoms with E-state index < -0.39 is 11.5 Å². The molecule has 0 aromatic carbocycles. The molecule has 3 aliphatic rings. The highest BCUT2D eigenvalue weighted by molar-refractivity contribution is 5.93. The van der Waals surface area contributed by atoms with E-state index in [1.54, 1.807) is 6.92 Å². The largest absolute Gasteiger partial charge is 0.466 e. The minimum absolute atomic E-state index is 0.130. The van der Waals surface area contributed by atoms with Gasteiger partial charge in [-0.25, -0.2) is 0 Å². The molecule has 1 saturated heterocycles. The van der Waals surface area contributed by atoms with Gasteiger partial charge in [-0.3, -0.25) is 9.59 Å². The number of Topliss-reactive ketones (excluding diaryl/α,β-unsaturated/α-hetero) is 1. The molecular formula is C14H18O4. The summed E-state index contributed by atoms with van der Waals surface area (Å²) in [5, 5.41) is 0. The summed E-state index contributed by atoms with van der Waals surface area (Å²) < 4.78 is 11.1. The number of hydrogen-bond acceptors (Lipinski definition) is 4. The van der Waals surface area contributed by atoms with Crippen molar-refractivity contribution in [3.63, 3.8) is 0 Å². The first-order valence-corrected chi connectivity index (χ1v) is 6.49. The van der Waals surface area contributed by atoms with Gasteiger partial charge in [-0.2, -0.15) is 0 Å². The topological polar surface area (TPSA) is 52.6 Å². The van der Waals surface area contributed by atoms with E-state index in [1.807, 2.05) is 26.0 Å². The number of carbonyl (C=O) groups is 2. The van der Waals surface area contributed by atoms with Crippen LogP contribution in [-0.2, 0) is 19.1 Å². The van der Waals surface area contributed by atoms with Gasteiger partial charge in [0.05, 0.1) is 24.5 Å². The van der Waals surface area contributed by atoms with Crippen molar-refractivity contribution in [1.29, 1.82) is 0 Å². The monoisotopic (exact) mass is 250 g/mol. The lowest BCUT2D eigenvalue weighted by molar-refractivity contribution is -0.151. The zero-order valence-corrected chi connectivity index (χ0v) is 10.9. The Morgan fingerprint density at radius 3 is 2.94 bits per heavy atom. The second-order valence-corrected chi connectivity index (χ2v) is 6.02. The van der Waals surface area contributed by atoms with Crippen LogP contribution in [0, 0.1) is 17.3 Å². The van der Waals surface area contributed by atoms with Crippen LogP contribution in [0.2, 0.25) is 0 Å². The molecule has 2 heterocycles. The molecule has 2 fully saturated rings. The van der Waals surface area contributed by atoms with Crippen LogP contribution in [0.3, 0.4) is 0 Å². The van der Waals surface area contributed by atoms with Crippen molar-refractivity contribution in [2.45, 2.75) is 38.9 Å². The molecule has 0 aromatic heterocycles. The van der Waals surface area contributed by atoms with Gasteiger partial charge in [-0.1, -0.05) is 26.0 Å². The summed E-state index contributed by atoms with van der Waals surface area (Å²) in [7, 11) is 0. The van der Waals surface area contributed by atoms with E-state index in [0.717, 1.165) is 0 Å². The average Bonchev–Trinajstić information content (AvgIpc) is 2.89. The summed E-state index contributed by atoms with van der Waals surface area (Å²) in [6, 6.07) is 0. The Morgan fingerprint density at radius 2 is 2.28 bits per heavy atom. The Labute approximate surface area is 106 Å². The van der Waals surface area contributed by atoms with Gasteiger partial charge in [0.25, 0.3) is 0 Å². The van der Waals surface area contributed by atoms with Crippen molar-refractivity contribution in [1.82, 2.24) is 0 Å². The maximum Gasteiger partial charge on any atom is 0.312 e. The predicted molar refractivity (Wildman–Crippen MR) is 63.8 cm³/mol. The molecule has 0 radical (unpaired) electrons. The summed E-state index contributed by atoms with van der Waals surface area (Å²) in [5.41, 5.74) is -0.840. The van der Waals surface area contributed by atoms with Crippen molar-refractivity contribution in [3.8, 4) is 0 Å². The molecule has 1 saturated carbocycles. The van der Waals surface area contributed by atoms with E-state index in [4.69, 9.17) is 9.47 Å². The number of ether oxygens (including phenoxy) is 2. The number of esters is 1. The fourth-order valence-electron chi connectivity index (χ4n) is 3.81. The van der Waals surface area contributed by atoms with Crippen LogP contribution in [0.15, 0.2) is 12.2 Å². The second kappa shape index (κ2) is 3.44. The molecule has 1 aliphatic carbocycles. The predicted octanol–water partition coefficient (Wildman–Crippen LogP) is 1.49. The standard InChI is InChI=1S/C14H18O4/c1-4-17-12(16)10-9-5-6-14(18-9)11(10)8(15)7-13(14,2)3/h5-6,9-11H,4,7H2,1-3H3/t9-,10+,11-,14+/m0/s1. The maximum atomic E-state index is 12.3. The number of carbonyl (C=O) groups excluding carboxylic acids is 2. The van der Waals surface area contributed by atoms with Crippen molar-refractivity contribution in [2.75, 3.05) is 6.61 Å². The lowest BCUT2D eigenvalue weighted by atomic mass is 9.69. The highest BCUT2D eigenvalue weighted by Crippen LogP contribution is 2.62. The third kappa shape index (κ3) is 1.19. The van der Waals surface area contributed by atoms with Gasteiger partial charge in [0.1, 0.15) is 11.4 Å². The quantitative estimate of drug-likeness (QED) is 0.550. The molecule has 0 N–H and O–H groups in total. The zero-order valence-electron chi connectivity index (χ0n) is 10.9. The first-order chi connectivity index (χ1) is 8.43. The SMILES string of the molecule is CCOC(=O)[C@@H]1[C@@H]2C=C[C@@]3(O2)[C@H]1C(=O)CC3(C)C. The normalized spacial score (nSPS) is 43.3. The van der Waals surface area contributed by atoms with Gasteiger partial charge >= 0.3 is 5.97 Å². The summed E-state index contributed by atoms with van der Waals surface area (Å²) >= 11 is 0. The third-order valence-corrected chi connectivity index (χ3v) is 4.62. The molecule has 4 nitrogen and oxygen atoms in total. The van der Waals surface area contributed by atoms with Crippen LogP contribution < -0.4 is 0 Å². The number of rotatable bonds is 2. The molecule has 3 rings (SSSR count). The summed E-state index contributed by atoms with van der Waals surface area (Å²) in [6.45, 7) is 6.18. The smallest absolute Gasteiger partial charge is 0.312 e. The molecule has 18 heavy (non-hydrogen) atoms. The fourth-order valence-corrected chi connectivity index (χ4v) is 3.81. The maximum absolute atomic E-state index is 12.3. The Hall–Kier alpha value is -1.16. The Balaban J connectivity index is 2.01. The van der Waals surface area contributed by atoms with E-state index in [0.29, 0.717) is 13.0 Å². The Kier molecular flexibility index (Phi) is 2.28. The minimum Gasteiger partial charge on any atom is -0.466 e. The van der Waals surface area contributed by atoms with Crippen LogP contribution in [0.25, 0.3) is 0 Å². The molecule has 2 bridgehead atoms. The van der Waals surface area contributed by atoms with Crippen molar-refractivity contribution < 1.29 is 19.1 Å². The molecule has 98 valence electrons. The average molecular weight is 250 g/mol. The van der Waals surface area contributed by atoms with Crippen LogP contribution in [0.1, 0.15) is 27.2 Å². The highest BCUT2D eigenvalue weighted by Gasteiger charge is 2.71. The molecule has 4 atom stereocenters. The van der Waals surface area contributed by atoms with Gasteiger partial charge in [0, 0.05) is 11.8 Å². The summed E-state index contributed by atoms with van der Waals surface area (Å²) in [4.78, 5) is 24.3. The molecule has 0 aromatic rings. The first kappa shape index (κ1) is 11.9. The Bertz CT molecular complexity index is 451. The van der Waals surface area contributed by atoms with Crippen LogP contribution in [0.5, 0.6) is 0 Å². The molecule has 2 aliphatic heterocycles. The number of ketones is 1. The number of fused-ring (bicyclic) bond motifs is 1. The van der Waals surface area contributed by atoms with Gasteiger partial charge in [0.15, 0.2) is 0 Å². The van der Waals surface area contributed by atoms with Gasteiger partial charge in [-0.15, -0.1) is 0 Å². The Morgan fingerprint density at radius 1 is 1.56 bits per heavy atom. The van der Waals surface area contributed by atoms with Crippen LogP contribution in [-0.4, -0.2) is 30.1 Å². The first-order valence-electron chi connectivity index (χ1n) is 6.49. The van der Waals surface area contributed by atoms with Crippen molar-refractivity contribution in [2.24, 2.45) is 17.3 Å². The molecule has 0 unspecified atom stereocenters. The van der Waals surface area contributed by atoms with Gasteiger partial charge in [0.2, 0.25) is 0 Å². The lowest BCUT2D eigenvalue weighted by Gasteiger charge is -2.36. The third-order valence-electron chi connectivity index (χ3n) is 4.62. The summed E-state index contributed by atoms with van der Waals surface area (Å²) in [5.74, 6) is -0.986. The molecule has 0 amide bonds. The van der Waals surface area contributed by atoms with E-state index in [2.05, 4.69) is 0 Å². The zero-order chi connectivity index (χ0) is 13.1.